The molecule has 0 radical (unpaired) electrons. The van der Waals surface area contributed by atoms with Crippen LogP contribution in [0, 0.1) is 17.8 Å². The lowest BCUT2D eigenvalue weighted by Gasteiger charge is -2.33. The Bertz CT molecular complexity index is 228. The summed E-state index contributed by atoms with van der Waals surface area (Å²) in [4.78, 5) is 0. The van der Waals surface area contributed by atoms with Gasteiger partial charge < -0.3 is 5.11 Å². The van der Waals surface area contributed by atoms with Crippen molar-refractivity contribution in [3.63, 3.8) is 0 Å². The fourth-order valence-corrected chi connectivity index (χ4v) is 3.92. The zero-order chi connectivity index (χ0) is 15.5. The van der Waals surface area contributed by atoms with E-state index in [1.165, 1.54) is 77.0 Å². The zero-order valence-electron chi connectivity index (χ0n) is 14.9. The van der Waals surface area contributed by atoms with Gasteiger partial charge in [0.15, 0.2) is 0 Å². The molecule has 0 spiro atoms. The van der Waals surface area contributed by atoms with Crippen LogP contribution in [0.5, 0.6) is 0 Å². The van der Waals surface area contributed by atoms with E-state index in [9.17, 15) is 5.11 Å². The van der Waals surface area contributed by atoms with Crippen molar-refractivity contribution in [3.8, 4) is 0 Å². The van der Waals surface area contributed by atoms with E-state index in [1.807, 2.05) is 0 Å². The molecule has 126 valence electrons. The van der Waals surface area contributed by atoms with Crippen LogP contribution < -0.4 is 0 Å². The molecule has 0 saturated heterocycles. The van der Waals surface area contributed by atoms with Crippen LogP contribution in [-0.2, 0) is 0 Å². The molecule has 1 rings (SSSR count). The van der Waals surface area contributed by atoms with E-state index >= 15 is 0 Å². The molecule has 21 heavy (non-hydrogen) atoms. The second kappa shape index (κ2) is 11.5. The molecule has 0 bridgehead atoms. The third-order valence-electron chi connectivity index (χ3n) is 5.66. The van der Waals surface area contributed by atoms with Crippen LogP contribution in [-0.4, -0.2) is 11.2 Å². The maximum Gasteiger partial charge on any atom is 0.0568 e. The second-order valence-corrected chi connectivity index (χ2v) is 7.75. The minimum atomic E-state index is -0.0156. The molecule has 1 nitrogen and oxygen atoms in total. The Balaban J connectivity index is 1.98. The Morgan fingerprint density at radius 3 is 1.76 bits per heavy atom. The maximum atomic E-state index is 10.4. The van der Waals surface area contributed by atoms with E-state index in [0.29, 0.717) is 5.92 Å². The van der Waals surface area contributed by atoms with Crippen molar-refractivity contribution in [2.45, 2.75) is 110 Å². The number of aliphatic hydroxyl groups excluding tert-OH is 1. The largest absolute Gasteiger partial charge is 0.393 e. The fraction of sp³-hybridized carbons (Fsp3) is 1.00. The van der Waals surface area contributed by atoms with Gasteiger partial charge in [0.1, 0.15) is 0 Å². The molecule has 1 saturated carbocycles. The predicted molar refractivity (Wildman–Crippen MR) is 93.5 cm³/mol. The van der Waals surface area contributed by atoms with E-state index < -0.39 is 0 Å². The van der Waals surface area contributed by atoms with Crippen LogP contribution in [0.2, 0.25) is 0 Å². The van der Waals surface area contributed by atoms with Crippen molar-refractivity contribution in [2.75, 3.05) is 0 Å². The van der Waals surface area contributed by atoms with Crippen LogP contribution in [0.4, 0.5) is 0 Å². The van der Waals surface area contributed by atoms with Crippen molar-refractivity contribution in [1.29, 1.82) is 0 Å². The first-order valence-electron chi connectivity index (χ1n) is 9.83. The third-order valence-corrected chi connectivity index (χ3v) is 5.66. The Kier molecular flexibility index (Phi) is 10.4. The molecule has 1 fully saturated rings. The summed E-state index contributed by atoms with van der Waals surface area (Å²) >= 11 is 0. The number of aliphatic hydroxyl groups is 1. The molecular weight excluding hydrogens is 256 g/mol. The highest BCUT2D eigenvalue weighted by atomic mass is 16.3. The van der Waals surface area contributed by atoms with Gasteiger partial charge in [-0.1, -0.05) is 72.1 Å². The first-order chi connectivity index (χ1) is 10.1. The van der Waals surface area contributed by atoms with E-state index in [2.05, 4.69) is 20.8 Å². The van der Waals surface area contributed by atoms with Crippen molar-refractivity contribution in [1.82, 2.24) is 0 Å². The molecule has 0 aromatic rings. The van der Waals surface area contributed by atoms with E-state index in [0.717, 1.165) is 18.3 Å². The summed E-state index contributed by atoms with van der Waals surface area (Å²) in [7, 11) is 0. The van der Waals surface area contributed by atoms with E-state index in [1.54, 1.807) is 0 Å². The number of hydrogen-bond donors (Lipinski definition) is 1. The molecule has 1 N–H and O–H groups in total. The van der Waals surface area contributed by atoms with Crippen LogP contribution >= 0.6 is 0 Å². The van der Waals surface area contributed by atoms with Gasteiger partial charge in [0.25, 0.3) is 0 Å². The lowest BCUT2D eigenvalue weighted by Crippen LogP contribution is -2.27. The van der Waals surface area contributed by atoms with Crippen LogP contribution in [0.25, 0.3) is 0 Å². The van der Waals surface area contributed by atoms with Gasteiger partial charge >= 0.3 is 0 Å². The normalized spacial score (nSPS) is 24.4. The number of unbranched alkanes of at least 4 members (excludes halogenated alkanes) is 7. The third kappa shape index (κ3) is 8.24. The highest BCUT2D eigenvalue weighted by Gasteiger charge is 2.27. The average Bonchev–Trinajstić information content (AvgIpc) is 2.49. The van der Waals surface area contributed by atoms with Gasteiger partial charge in [0, 0.05) is 0 Å². The van der Waals surface area contributed by atoms with Gasteiger partial charge in [-0.2, -0.15) is 0 Å². The van der Waals surface area contributed by atoms with E-state index in [4.69, 9.17) is 0 Å². The molecule has 1 aliphatic carbocycles. The molecule has 0 heterocycles. The van der Waals surface area contributed by atoms with Crippen LogP contribution in [0.15, 0.2) is 0 Å². The minimum Gasteiger partial charge on any atom is -0.393 e. The van der Waals surface area contributed by atoms with Gasteiger partial charge in [-0.05, 0) is 49.9 Å². The Hall–Kier alpha value is -0.0400. The van der Waals surface area contributed by atoms with Gasteiger partial charge in [-0.3, -0.25) is 0 Å². The highest BCUT2D eigenvalue weighted by Crippen LogP contribution is 2.35. The smallest absolute Gasteiger partial charge is 0.0568 e. The molecule has 0 aromatic carbocycles. The Labute approximate surface area is 133 Å². The summed E-state index contributed by atoms with van der Waals surface area (Å²) in [5.74, 6) is 2.34. The monoisotopic (exact) mass is 296 g/mol. The lowest BCUT2D eigenvalue weighted by molar-refractivity contribution is 0.0588. The van der Waals surface area contributed by atoms with Crippen molar-refractivity contribution < 1.29 is 5.11 Å². The number of hydrogen-bond acceptors (Lipinski definition) is 1. The van der Waals surface area contributed by atoms with Crippen molar-refractivity contribution in [3.05, 3.63) is 0 Å². The molecule has 0 amide bonds. The van der Waals surface area contributed by atoms with Gasteiger partial charge in [-0.15, -0.1) is 0 Å². The molecule has 1 aliphatic rings. The minimum absolute atomic E-state index is 0.0156. The molecule has 1 heteroatoms. The SMILES string of the molecule is CCCCCCCCCCC(O)C1CCC(C(C)C)CC1. The van der Waals surface area contributed by atoms with Gasteiger partial charge in [-0.25, -0.2) is 0 Å². The first-order valence-corrected chi connectivity index (χ1v) is 9.83. The molecule has 1 atom stereocenters. The summed E-state index contributed by atoms with van der Waals surface area (Å²) in [6.07, 6.45) is 17.1. The summed E-state index contributed by atoms with van der Waals surface area (Å²) in [5.41, 5.74) is 0. The average molecular weight is 297 g/mol. The summed E-state index contributed by atoms with van der Waals surface area (Å²) in [5, 5.41) is 10.4. The summed E-state index contributed by atoms with van der Waals surface area (Å²) < 4.78 is 0. The summed E-state index contributed by atoms with van der Waals surface area (Å²) in [6, 6.07) is 0. The lowest BCUT2D eigenvalue weighted by atomic mass is 9.74. The Morgan fingerprint density at radius 2 is 1.24 bits per heavy atom. The van der Waals surface area contributed by atoms with Gasteiger partial charge in [0.2, 0.25) is 0 Å². The second-order valence-electron chi connectivity index (χ2n) is 7.75. The fourth-order valence-electron chi connectivity index (χ4n) is 3.92. The molecule has 0 aromatic heterocycles. The topological polar surface area (TPSA) is 20.2 Å². The zero-order valence-corrected chi connectivity index (χ0v) is 14.9. The highest BCUT2D eigenvalue weighted by molar-refractivity contribution is 4.78. The molecule has 0 aliphatic heterocycles. The predicted octanol–water partition coefficient (Wildman–Crippen LogP) is 6.34. The van der Waals surface area contributed by atoms with Crippen molar-refractivity contribution in [2.24, 2.45) is 17.8 Å². The van der Waals surface area contributed by atoms with E-state index in [-0.39, 0.29) is 6.10 Å². The van der Waals surface area contributed by atoms with Gasteiger partial charge in [0.05, 0.1) is 6.10 Å². The summed E-state index contributed by atoms with van der Waals surface area (Å²) in [6.45, 7) is 6.97. The van der Waals surface area contributed by atoms with Crippen LogP contribution in [0.3, 0.4) is 0 Å². The Morgan fingerprint density at radius 1 is 0.762 bits per heavy atom. The van der Waals surface area contributed by atoms with Crippen molar-refractivity contribution >= 4 is 0 Å². The van der Waals surface area contributed by atoms with Crippen LogP contribution in [0.1, 0.15) is 104 Å². The maximum absolute atomic E-state index is 10.4. The quantitative estimate of drug-likeness (QED) is 0.441. The standard InChI is InChI=1S/C20H40O/c1-4-5-6-7-8-9-10-11-12-20(21)19-15-13-18(14-16-19)17(2)3/h17-21H,4-16H2,1-3H3. The molecular formula is C20H40O. The molecule has 1 unspecified atom stereocenters. The number of rotatable bonds is 11. The first kappa shape index (κ1) is 19.0.